The monoisotopic (exact) mass is 329 g/mol. The van der Waals surface area contributed by atoms with Crippen molar-refractivity contribution in [2.45, 2.75) is 39.4 Å². The van der Waals surface area contributed by atoms with E-state index >= 15 is 0 Å². The summed E-state index contributed by atoms with van der Waals surface area (Å²) in [4.78, 5) is 13.6. The molecule has 1 atom stereocenters. The highest BCUT2D eigenvalue weighted by Crippen LogP contribution is 2.16. The fourth-order valence-electron chi connectivity index (χ4n) is 2.72. The zero-order chi connectivity index (χ0) is 17.5. The molecular formula is C20H24FNO2. The molecule has 0 saturated heterocycles. The Labute approximate surface area is 142 Å². The zero-order valence-corrected chi connectivity index (χ0v) is 14.2. The van der Waals surface area contributed by atoms with Crippen LogP contribution in [0.3, 0.4) is 0 Å². The van der Waals surface area contributed by atoms with Crippen molar-refractivity contribution in [1.82, 2.24) is 4.90 Å². The molecule has 0 heterocycles. The van der Waals surface area contributed by atoms with Crippen LogP contribution in [0.15, 0.2) is 48.5 Å². The lowest BCUT2D eigenvalue weighted by atomic mass is 10.1. The maximum absolute atomic E-state index is 13.1. The van der Waals surface area contributed by atoms with E-state index in [1.807, 2.05) is 31.2 Å². The fourth-order valence-corrected chi connectivity index (χ4v) is 2.72. The van der Waals surface area contributed by atoms with Crippen LogP contribution in [0.1, 0.15) is 41.8 Å². The van der Waals surface area contributed by atoms with Crippen molar-refractivity contribution in [2.75, 3.05) is 6.61 Å². The highest BCUT2D eigenvalue weighted by atomic mass is 19.1. The minimum Gasteiger partial charge on any atom is -0.395 e. The van der Waals surface area contributed by atoms with Crippen molar-refractivity contribution in [1.29, 1.82) is 0 Å². The summed E-state index contributed by atoms with van der Waals surface area (Å²) in [6.07, 6.45) is 0.823. The number of aliphatic hydroxyl groups is 1. The van der Waals surface area contributed by atoms with Crippen LogP contribution in [0.4, 0.5) is 4.39 Å². The third-order valence-corrected chi connectivity index (χ3v) is 4.24. The van der Waals surface area contributed by atoms with Crippen LogP contribution in [0.25, 0.3) is 0 Å². The minimum absolute atomic E-state index is 0.0301. The van der Waals surface area contributed by atoms with Crippen molar-refractivity contribution < 1.29 is 14.3 Å². The number of rotatable bonds is 8. The van der Waals surface area contributed by atoms with Gasteiger partial charge in [0.2, 0.25) is 0 Å². The Morgan fingerprint density at radius 2 is 1.54 bits per heavy atom. The topological polar surface area (TPSA) is 40.5 Å². The predicted molar refractivity (Wildman–Crippen MR) is 93.3 cm³/mol. The average molecular weight is 329 g/mol. The largest absolute Gasteiger partial charge is 0.395 e. The zero-order valence-electron chi connectivity index (χ0n) is 14.2. The normalized spacial score (nSPS) is 12.4. The fraction of sp³-hybridized carbons (Fsp3) is 0.350. The first-order valence-electron chi connectivity index (χ1n) is 8.22. The molecule has 1 N–H and O–H groups in total. The summed E-state index contributed by atoms with van der Waals surface area (Å²) in [7, 11) is 0. The highest BCUT2D eigenvalue weighted by molar-refractivity contribution is 5.93. The second kappa shape index (κ2) is 8.71. The van der Waals surface area contributed by atoms with Crippen molar-refractivity contribution in [3.63, 3.8) is 0 Å². The summed E-state index contributed by atoms with van der Waals surface area (Å²) in [6, 6.07) is 14.0. The van der Waals surface area contributed by atoms with E-state index in [2.05, 4.69) is 4.90 Å². The smallest absolute Gasteiger partial charge is 0.159 e. The molecule has 0 aromatic heterocycles. The molecule has 0 unspecified atom stereocenters. The molecule has 0 aliphatic heterocycles. The lowest BCUT2D eigenvalue weighted by molar-refractivity contribution is 0.101. The van der Waals surface area contributed by atoms with Gasteiger partial charge in [0.05, 0.1) is 6.61 Å². The number of nitrogens with zero attached hydrogens (tertiary/aromatic N) is 1. The molecule has 2 aromatic rings. The number of Topliss-reactive ketones (excluding diaryl/α,β-unsaturated/α-hetero) is 1. The van der Waals surface area contributed by atoms with Crippen molar-refractivity contribution in [3.8, 4) is 0 Å². The van der Waals surface area contributed by atoms with E-state index < -0.39 is 0 Å². The van der Waals surface area contributed by atoms with Crippen LogP contribution >= 0.6 is 0 Å². The second-order valence-corrected chi connectivity index (χ2v) is 6.03. The predicted octanol–water partition coefficient (Wildman–Crippen LogP) is 3.80. The summed E-state index contributed by atoms with van der Waals surface area (Å²) < 4.78 is 13.1. The molecule has 0 radical (unpaired) electrons. The van der Waals surface area contributed by atoms with Crippen LogP contribution < -0.4 is 0 Å². The quantitative estimate of drug-likeness (QED) is 0.749. The Bertz CT molecular complexity index is 648. The Hall–Kier alpha value is -2.04. The van der Waals surface area contributed by atoms with E-state index in [4.69, 9.17) is 0 Å². The van der Waals surface area contributed by atoms with Gasteiger partial charge in [0.25, 0.3) is 0 Å². The van der Waals surface area contributed by atoms with Crippen LogP contribution in [0.2, 0.25) is 0 Å². The van der Waals surface area contributed by atoms with Crippen LogP contribution in [0, 0.1) is 5.82 Å². The van der Waals surface area contributed by atoms with Gasteiger partial charge < -0.3 is 5.11 Å². The van der Waals surface area contributed by atoms with Crippen LogP contribution in [-0.2, 0) is 13.1 Å². The van der Waals surface area contributed by atoms with Crippen molar-refractivity contribution in [2.24, 2.45) is 0 Å². The van der Waals surface area contributed by atoms with Crippen LogP contribution in [0.5, 0.6) is 0 Å². The first kappa shape index (κ1) is 18.3. The van der Waals surface area contributed by atoms with Gasteiger partial charge in [-0.25, -0.2) is 4.39 Å². The number of aliphatic hydroxyl groups excluding tert-OH is 1. The number of carbonyl (C=O) groups excluding carboxylic acids is 1. The molecule has 4 heteroatoms. The Morgan fingerprint density at radius 3 is 1.96 bits per heavy atom. The number of benzene rings is 2. The molecule has 0 aliphatic carbocycles. The Morgan fingerprint density at radius 1 is 1.04 bits per heavy atom. The first-order valence-corrected chi connectivity index (χ1v) is 8.22. The number of hydrogen-bond acceptors (Lipinski definition) is 3. The third-order valence-electron chi connectivity index (χ3n) is 4.24. The van der Waals surface area contributed by atoms with E-state index in [0.717, 1.165) is 17.5 Å². The molecule has 2 aromatic carbocycles. The Kier molecular flexibility index (Phi) is 6.64. The average Bonchev–Trinajstić information content (AvgIpc) is 2.58. The van der Waals surface area contributed by atoms with Gasteiger partial charge in [-0.3, -0.25) is 9.69 Å². The molecule has 0 bridgehead atoms. The van der Waals surface area contributed by atoms with Gasteiger partial charge in [0.15, 0.2) is 5.78 Å². The maximum Gasteiger partial charge on any atom is 0.159 e. The molecule has 0 aliphatic rings. The van der Waals surface area contributed by atoms with E-state index in [9.17, 15) is 14.3 Å². The Balaban J connectivity index is 2.16. The van der Waals surface area contributed by atoms with Gasteiger partial charge in [0, 0.05) is 24.7 Å². The van der Waals surface area contributed by atoms with E-state index in [1.54, 1.807) is 19.1 Å². The van der Waals surface area contributed by atoms with Gasteiger partial charge in [0.1, 0.15) is 5.82 Å². The molecule has 0 amide bonds. The van der Waals surface area contributed by atoms with E-state index in [0.29, 0.717) is 18.7 Å². The molecule has 2 rings (SSSR count). The van der Waals surface area contributed by atoms with Gasteiger partial charge >= 0.3 is 0 Å². The summed E-state index contributed by atoms with van der Waals surface area (Å²) in [5, 5.41) is 9.67. The van der Waals surface area contributed by atoms with Gasteiger partial charge in [-0.1, -0.05) is 43.3 Å². The van der Waals surface area contributed by atoms with Crippen molar-refractivity contribution >= 4 is 5.78 Å². The highest BCUT2D eigenvalue weighted by Gasteiger charge is 2.17. The molecule has 128 valence electrons. The number of carbonyl (C=O) groups is 1. The van der Waals surface area contributed by atoms with Gasteiger partial charge in [-0.05, 0) is 36.6 Å². The molecule has 0 spiro atoms. The minimum atomic E-state index is -0.251. The standard InChI is InChI=1S/C20H24FNO2/c1-3-20(14-23)22(13-17-6-10-19(21)11-7-17)12-16-4-8-18(9-5-16)15(2)24/h4-11,20,23H,3,12-14H2,1-2H3/t20-/m1/s1. The summed E-state index contributed by atoms with van der Waals surface area (Å²) in [5.74, 6) is -0.203. The molecule has 0 saturated carbocycles. The number of hydrogen-bond donors (Lipinski definition) is 1. The lowest BCUT2D eigenvalue weighted by Gasteiger charge is -2.30. The van der Waals surface area contributed by atoms with Gasteiger partial charge in [-0.2, -0.15) is 0 Å². The maximum atomic E-state index is 13.1. The van der Waals surface area contributed by atoms with E-state index in [-0.39, 0.29) is 24.2 Å². The van der Waals surface area contributed by atoms with Gasteiger partial charge in [-0.15, -0.1) is 0 Å². The van der Waals surface area contributed by atoms with Crippen molar-refractivity contribution in [3.05, 3.63) is 71.0 Å². The number of halogens is 1. The summed E-state index contributed by atoms with van der Waals surface area (Å²) >= 11 is 0. The third kappa shape index (κ3) is 4.98. The second-order valence-electron chi connectivity index (χ2n) is 6.03. The van der Waals surface area contributed by atoms with E-state index in [1.165, 1.54) is 12.1 Å². The lowest BCUT2D eigenvalue weighted by Crippen LogP contribution is -2.36. The van der Waals surface area contributed by atoms with Crippen LogP contribution in [-0.4, -0.2) is 28.4 Å². The summed E-state index contributed by atoms with van der Waals surface area (Å²) in [6.45, 7) is 4.96. The first-order chi connectivity index (χ1) is 11.5. The summed E-state index contributed by atoms with van der Waals surface area (Å²) in [5.41, 5.74) is 2.77. The number of ketones is 1. The molecule has 3 nitrogen and oxygen atoms in total. The molecule has 24 heavy (non-hydrogen) atoms. The molecular weight excluding hydrogens is 305 g/mol. The molecule has 0 fully saturated rings. The SMILES string of the molecule is CC[C@H](CO)N(Cc1ccc(F)cc1)Cc1ccc(C(C)=O)cc1.